The second-order valence-corrected chi connectivity index (χ2v) is 7.54. The second kappa shape index (κ2) is 10.1. The minimum absolute atomic E-state index is 0.0531. The molecule has 0 radical (unpaired) electrons. The van der Waals surface area contributed by atoms with Gasteiger partial charge in [-0.3, -0.25) is 13.8 Å². The second-order valence-electron chi connectivity index (χ2n) is 6.08. The van der Waals surface area contributed by atoms with Gasteiger partial charge in [0.2, 0.25) is 11.8 Å². The van der Waals surface area contributed by atoms with Crippen LogP contribution in [-0.2, 0) is 26.1 Å². The van der Waals surface area contributed by atoms with Gasteiger partial charge in [0, 0.05) is 34.9 Å². The fourth-order valence-electron chi connectivity index (χ4n) is 2.27. The van der Waals surface area contributed by atoms with Gasteiger partial charge in [0.25, 0.3) is 0 Å². The standard InChI is InChI=1S/C19H19F3N2O4S/c1-13(25)23-15-4-6-16(7-5-15)24-18(26)11-29(27)10-14-2-8-17(9-3-14)28-12-19(20,21)22/h2-9H,10-12H2,1H3,(H,23,25)(H,24,26). The number of ether oxygens (including phenoxy) is 1. The van der Waals surface area contributed by atoms with Crippen molar-refractivity contribution in [2.45, 2.75) is 18.9 Å². The molecule has 2 aromatic rings. The van der Waals surface area contributed by atoms with Crippen molar-refractivity contribution in [3.05, 3.63) is 54.1 Å². The van der Waals surface area contributed by atoms with E-state index < -0.39 is 29.5 Å². The van der Waals surface area contributed by atoms with Gasteiger partial charge in [0.1, 0.15) is 11.5 Å². The summed E-state index contributed by atoms with van der Waals surface area (Å²) < 4.78 is 53.1. The van der Waals surface area contributed by atoms with E-state index in [2.05, 4.69) is 15.4 Å². The van der Waals surface area contributed by atoms with E-state index >= 15 is 0 Å². The van der Waals surface area contributed by atoms with Crippen molar-refractivity contribution in [3.63, 3.8) is 0 Å². The van der Waals surface area contributed by atoms with Crippen LogP contribution in [0.3, 0.4) is 0 Å². The fraction of sp³-hybridized carbons (Fsp3) is 0.263. The van der Waals surface area contributed by atoms with E-state index in [1.807, 2.05) is 0 Å². The van der Waals surface area contributed by atoms with Crippen LogP contribution in [0.25, 0.3) is 0 Å². The average Bonchev–Trinajstić information content (AvgIpc) is 2.61. The lowest BCUT2D eigenvalue weighted by molar-refractivity contribution is -0.153. The van der Waals surface area contributed by atoms with Crippen molar-refractivity contribution in [2.24, 2.45) is 0 Å². The van der Waals surface area contributed by atoms with E-state index in [1.54, 1.807) is 24.3 Å². The SMILES string of the molecule is CC(=O)Nc1ccc(NC(=O)CS(=O)Cc2ccc(OCC(F)(F)F)cc2)cc1. The Morgan fingerprint density at radius 3 is 2.03 bits per heavy atom. The fourth-order valence-corrected chi connectivity index (χ4v) is 3.30. The van der Waals surface area contributed by atoms with Crippen LogP contribution in [0.15, 0.2) is 48.5 Å². The first kappa shape index (κ1) is 22.4. The minimum atomic E-state index is -4.42. The zero-order chi connectivity index (χ0) is 21.4. The number of hydrogen-bond acceptors (Lipinski definition) is 4. The predicted molar refractivity (Wildman–Crippen MR) is 104 cm³/mol. The van der Waals surface area contributed by atoms with Gasteiger partial charge in [0.05, 0.1) is 0 Å². The van der Waals surface area contributed by atoms with E-state index in [9.17, 15) is 27.0 Å². The molecule has 156 valence electrons. The highest BCUT2D eigenvalue weighted by molar-refractivity contribution is 7.84. The zero-order valence-electron chi connectivity index (χ0n) is 15.4. The summed E-state index contributed by atoms with van der Waals surface area (Å²) in [5, 5.41) is 5.21. The van der Waals surface area contributed by atoms with Crippen molar-refractivity contribution in [1.29, 1.82) is 0 Å². The molecule has 29 heavy (non-hydrogen) atoms. The maximum absolute atomic E-state index is 12.2. The molecule has 2 amide bonds. The number of nitrogens with one attached hydrogen (secondary N) is 2. The number of amides is 2. The monoisotopic (exact) mass is 428 g/mol. The molecule has 0 aliphatic rings. The van der Waals surface area contributed by atoms with E-state index in [0.29, 0.717) is 16.9 Å². The summed E-state index contributed by atoms with van der Waals surface area (Å²) in [6.45, 7) is -0.00164. The van der Waals surface area contributed by atoms with Gasteiger partial charge in [-0.05, 0) is 42.0 Å². The van der Waals surface area contributed by atoms with Gasteiger partial charge in [-0.1, -0.05) is 12.1 Å². The summed E-state index contributed by atoms with van der Waals surface area (Å²) in [6.07, 6.45) is -4.42. The molecule has 1 unspecified atom stereocenters. The Labute approximate surface area is 167 Å². The molecular weight excluding hydrogens is 409 g/mol. The molecule has 1 atom stereocenters. The average molecular weight is 428 g/mol. The highest BCUT2D eigenvalue weighted by Crippen LogP contribution is 2.19. The molecule has 2 N–H and O–H groups in total. The normalized spacial score (nSPS) is 12.1. The molecule has 0 saturated heterocycles. The molecule has 0 aromatic heterocycles. The van der Waals surface area contributed by atoms with Crippen molar-refractivity contribution >= 4 is 34.0 Å². The number of benzene rings is 2. The third-order valence-electron chi connectivity index (χ3n) is 3.43. The Morgan fingerprint density at radius 1 is 0.966 bits per heavy atom. The van der Waals surface area contributed by atoms with Crippen molar-refractivity contribution in [2.75, 3.05) is 23.0 Å². The van der Waals surface area contributed by atoms with Crippen LogP contribution in [0.1, 0.15) is 12.5 Å². The maximum atomic E-state index is 12.2. The lowest BCUT2D eigenvalue weighted by Gasteiger charge is -2.10. The minimum Gasteiger partial charge on any atom is -0.484 e. The first-order valence-corrected chi connectivity index (χ1v) is 9.90. The van der Waals surface area contributed by atoms with Gasteiger partial charge in [-0.25, -0.2) is 0 Å². The van der Waals surface area contributed by atoms with Gasteiger partial charge in [0.15, 0.2) is 6.61 Å². The molecule has 2 rings (SSSR count). The molecule has 2 aromatic carbocycles. The number of carbonyl (C=O) groups is 2. The summed E-state index contributed by atoms with van der Waals surface area (Å²) in [4.78, 5) is 23.0. The first-order chi connectivity index (χ1) is 13.6. The predicted octanol–water partition coefficient (Wildman–Crippen LogP) is 3.47. The lowest BCUT2D eigenvalue weighted by atomic mass is 10.2. The zero-order valence-corrected chi connectivity index (χ0v) is 16.2. The van der Waals surface area contributed by atoms with Gasteiger partial charge in [-0.15, -0.1) is 0 Å². The lowest BCUT2D eigenvalue weighted by Crippen LogP contribution is -2.20. The largest absolute Gasteiger partial charge is 0.484 e. The molecule has 10 heteroatoms. The Morgan fingerprint density at radius 2 is 1.52 bits per heavy atom. The molecule has 6 nitrogen and oxygen atoms in total. The van der Waals surface area contributed by atoms with Crippen LogP contribution in [-0.4, -0.2) is 34.6 Å². The number of hydrogen-bond donors (Lipinski definition) is 2. The Bertz CT molecular complexity index is 869. The number of halogens is 3. The first-order valence-electron chi connectivity index (χ1n) is 8.42. The molecule has 0 saturated carbocycles. The van der Waals surface area contributed by atoms with E-state index in [4.69, 9.17) is 0 Å². The van der Waals surface area contributed by atoms with Crippen LogP contribution < -0.4 is 15.4 Å². The molecule has 0 spiro atoms. The topological polar surface area (TPSA) is 84.5 Å². The van der Waals surface area contributed by atoms with Crippen molar-refractivity contribution in [3.8, 4) is 5.75 Å². The third-order valence-corrected chi connectivity index (χ3v) is 4.67. The summed E-state index contributed by atoms with van der Waals surface area (Å²) >= 11 is 0. The molecule has 0 aliphatic carbocycles. The highest BCUT2D eigenvalue weighted by atomic mass is 32.2. The van der Waals surface area contributed by atoms with E-state index in [1.165, 1.54) is 31.2 Å². The summed E-state index contributed by atoms with van der Waals surface area (Å²) in [6, 6.07) is 12.2. The van der Waals surface area contributed by atoms with E-state index in [0.717, 1.165) is 0 Å². The Hall–Kier alpha value is -2.88. The summed E-state index contributed by atoms with van der Waals surface area (Å²) in [5.41, 5.74) is 1.68. The van der Waals surface area contributed by atoms with Crippen LogP contribution in [0.2, 0.25) is 0 Å². The highest BCUT2D eigenvalue weighted by Gasteiger charge is 2.28. The smallest absolute Gasteiger partial charge is 0.422 e. The molecular formula is C19H19F3N2O4S. The van der Waals surface area contributed by atoms with Crippen molar-refractivity contribution < 1.29 is 31.7 Å². The maximum Gasteiger partial charge on any atom is 0.422 e. The van der Waals surface area contributed by atoms with Crippen LogP contribution >= 0.6 is 0 Å². The van der Waals surface area contributed by atoms with Crippen LogP contribution in [0.4, 0.5) is 24.5 Å². The Balaban J connectivity index is 1.80. The van der Waals surface area contributed by atoms with Crippen LogP contribution in [0.5, 0.6) is 5.75 Å². The number of rotatable bonds is 8. The number of anilines is 2. The summed E-state index contributed by atoms with van der Waals surface area (Å²) in [7, 11) is -1.50. The molecule has 0 fully saturated rings. The number of carbonyl (C=O) groups excluding carboxylic acids is 2. The van der Waals surface area contributed by atoms with Gasteiger partial charge in [-0.2, -0.15) is 13.2 Å². The third kappa shape index (κ3) is 8.77. The quantitative estimate of drug-likeness (QED) is 0.674. The van der Waals surface area contributed by atoms with Gasteiger partial charge < -0.3 is 15.4 Å². The molecule has 0 bridgehead atoms. The van der Waals surface area contributed by atoms with Crippen molar-refractivity contribution in [1.82, 2.24) is 0 Å². The summed E-state index contributed by atoms with van der Waals surface area (Å²) in [5.74, 6) is -0.760. The van der Waals surface area contributed by atoms with Crippen LogP contribution in [0, 0.1) is 0 Å². The number of alkyl halides is 3. The molecule has 0 heterocycles. The Kier molecular flexibility index (Phi) is 7.77. The molecule has 0 aliphatic heterocycles. The van der Waals surface area contributed by atoms with E-state index in [-0.39, 0.29) is 23.2 Å². The van der Waals surface area contributed by atoms with Gasteiger partial charge >= 0.3 is 6.18 Å².